The number of carbonyl (C=O) groups excluding carboxylic acids is 2. The zero-order chi connectivity index (χ0) is 22.5. The van der Waals surface area contributed by atoms with Gasteiger partial charge in [-0.05, 0) is 57.9 Å². The number of carbonyl (C=O) groups is 2. The number of amides is 2. The summed E-state index contributed by atoms with van der Waals surface area (Å²) in [6.07, 6.45) is 1.69. The van der Waals surface area contributed by atoms with Gasteiger partial charge in [-0.15, -0.1) is 0 Å². The second-order valence-corrected chi connectivity index (χ2v) is 8.20. The summed E-state index contributed by atoms with van der Waals surface area (Å²) in [6, 6.07) is 19.8. The van der Waals surface area contributed by atoms with Crippen LogP contribution in [-0.2, 0) is 16.1 Å². The molecule has 164 valence electrons. The van der Waals surface area contributed by atoms with Crippen LogP contribution in [0.2, 0.25) is 0 Å². The Kier molecular flexibility index (Phi) is 6.78. The van der Waals surface area contributed by atoms with Gasteiger partial charge in [0.2, 0.25) is 0 Å². The molecule has 0 atom stereocenters. The zero-order valence-corrected chi connectivity index (χ0v) is 18.7. The summed E-state index contributed by atoms with van der Waals surface area (Å²) in [5.74, 6) is 0.844. The number of fused-ring (bicyclic) bond motifs is 1. The quantitative estimate of drug-likeness (QED) is 0.445. The van der Waals surface area contributed by atoms with Crippen molar-refractivity contribution in [1.29, 1.82) is 0 Å². The van der Waals surface area contributed by atoms with Crippen LogP contribution in [0.3, 0.4) is 0 Å². The largest absolute Gasteiger partial charge is 0.493 e. The van der Waals surface area contributed by atoms with E-state index in [1.165, 1.54) is 17.4 Å². The molecule has 1 fully saturated rings. The molecule has 6 nitrogen and oxygen atoms in total. The Morgan fingerprint density at radius 3 is 2.53 bits per heavy atom. The molecule has 1 aliphatic rings. The first-order valence-electron chi connectivity index (χ1n) is 10.1. The minimum Gasteiger partial charge on any atom is -0.493 e. The molecule has 0 N–H and O–H groups in total. The number of rotatable bonds is 8. The highest BCUT2D eigenvalue weighted by molar-refractivity contribution is 8.18. The predicted octanol–water partition coefficient (Wildman–Crippen LogP) is 5.11. The lowest BCUT2D eigenvalue weighted by atomic mass is 10.1. The fourth-order valence-electron chi connectivity index (χ4n) is 3.41. The monoisotopic (exact) mass is 449 g/mol. The summed E-state index contributed by atoms with van der Waals surface area (Å²) in [5, 5.41) is 2.06. The van der Waals surface area contributed by atoms with E-state index in [0.29, 0.717) is 29.6 Å². The second kappa shape index (κ2) is 9.89. The van der Waals surface area contributed by atoms with Crippen molar-refractivity contribution < 1.29 is 23.8 Å². The molecule has 3 aromatic rings. The van der Waals surface area contributed by atoms with Gasteiger partial charge in [-0.2, -0.15) is 0 Å². The molecule has 32 heavy (non-hydrogen) atoms. The third-order valence-corrected chi connectivity index (χ3v) is 5.99. The van der Waals surface area contributed by atoms with Gasteiger partial charge in [0.1, 0.15) is 6.61 Å². The van der Waals surface area contributed by atoms with Crippen molar-refractivity contribution >= 4 is 39.8 Å². The van der Waals surface area contributed by atoms with Gasteiger partial charge in [0, 0.05) is 7.11 Å². The van der Waals surface area contributed by atoms with Crippen molar-refractivity contribution in [1.82, 2.24) is 4.90 Å². The lowest BCUT2D eigenvalue weighted by molar-refractivity contribution is -0.123. The van der Waals surface area contributed by atoms with E-state index in [4.69, 9.17) is 14.2 Å². The molecular formula is C25H23NO5S. The molecule has 0 bridgehead atoms. The van der Waals surface area contributed by atoms with E-state index in [2.05, 4.69) is 24.3 Å². The van der Waals surface area contributed by atoms with Crippen LogP contribution in [0.5, 0.6) is 11.5 Å². The van der Waals surface area contributed by atoms with E-state index in [9.17, 15) is 9.59 Å². The van der Waals surface area contributed by atoms with Crippen molar-refractivity contribution in [3.63, 3.8) is 0 Å². The van der Waals surface area contributed by atoms with Crippen molar-refractivity contribution in [2.24, 2.45) is 0 Å². The Bertz CT molecular complexity index is 1190. The fourth-order valence-corrected chi connectivity index (χ4v) is 4.27. The lowest BCUT2D eigenvalue weighted by Gasteiger charge is -2.12. The van der Waals surface area contributed by atoms with Crippen LogP contribution in [0.1, 0.15) is 11.1 Å². The molecule has 1 saturated heterocycles. The first-order valence-corrected chi connectivity index (χ1v) is 10.9. The number of hydrogen-bond acceptors (Lipinski definition) is 6. The third kappa shape index (κ3) is 4.79. The number of nitrogens with zero attached hydrogens (tertiary/aromatic N) is 1. The maximum atomic E-state index is 12.5. The Morgan fingerprint density at radius 1 is 0.938 bits per heavy atom. The Balaban J connectivity index is 1.48. The van der Waals surface area contributed by atoms with Crippen molar-refractivity contribution in [2.45, 2.75) is 6.61 Å². The highest BCUT2D eigenvalue weighted by Gasteiger charge is 2.34. The van der Waals surface area contributed by atoms with Crippen molar-refractivity contribution in [2.75, 3.05) is 27.4 Å². The summed E-state index contributed by atoms with van der Waals surface area (Å²) in [6.45, 7) is 0.949. The summed E-state index contributed by atoms with van der Waals surface area (Å²) in [7, 11) is 3.10. The van der Waals surface area contributed by atoms with Crippen LogP contribution in [0.15, 0.2) is 65.6 Å². The first kappa shape index (κ1) is 21.9. The number of methoxy groups -OCH3 is 2. The topological polar surface area (TPSA) is 65.1 Å². The molecule has 0 spiro atoms. The van der Waals surface area contributed by atoms with Crippen LogP contribution in [-0.4, -0.2) is 43.4 Å². The third-order valence-electron chi connectivity index (χ3n) is 5.09. The number of imide groups is 1. The normalized spacial score (nSPS) is 15.1. The molecule has 0 unspecified atom stereocenters. The van der Waals surface area contributed by atoms with Gasteiger partial charge in [-0.1, -0.05) is 42.5 Å². The molecular weight excluding hydrogens is 426 g/mol. The molecule has 1 heterocycles. The SMILES string of the molecule is COCCN1C(=O)S/C(=C/c2ccc(OCc3ccc4ccccc4c3)c(OC)c2)C1=O. The molecule has 4 rings (SSSR count). The summed E-state index contributed by atoms with van der Waals surface area (Å²) in [4.78, 5) is 26.2. The summed E-state index contributed by atoms with van der Waals surface area (Å²) < 4.78 is 16.5. The van der Waals surface area contributed by atoms with E-state index in [1.54, 1.807) is 25.3 Å². The Morgan fingerprint density at radius 2 is 1.75 bits per heavy atom. The van der Waals surface area contributed by atoms with Crippen molar-refractivity contribution in [3.8, 4) is 11.5 Å². The van der Waals surface area contributed by atoms with E-state index in [1.807, 2.05) is 24.3 Å². The molecule has 0 aromatic heterocycles. The van der Waals surface area contributed by atoms with Crippen LogP contribution in [0.25, 0.3) is 16.8 Å². The molecule has 1 aliphatic heterocycles. The van der Waals surface area contributed by atoms with E-state index in [0.717, 1.165) is 28.3 Å². The number of hydrogen-bond donors (Lipinski definition) is 0. The Hall–Kier alpha value is -3.29. The number of benzene rings is 3. The maximum Gasteiger partial charge on any atom is 0.293 e. The average molecular weight is 450 g/mol. The molecule has 0 aliphatic carbocycles. The zero-order valence-electron chi connectivity index (χ0n) is 17.9. The minimum atomic E-state index is -0.312. The molecule has 3 aromatic carbocycles. The van der Waals surface area contributed by atoms with Gasteiger partial charge in [0.25, 0.3) is 11.1 Å². The lowest BCUT2D eigenvalue weighted by Crippen LogP contribution is -2.31. The number of thioether (sulfide) groups is 1. The maximum absolute atomic E-state index is 12.5. The van der Waals surface area contributed by atoms with Gasteiger partial charge in [-0.25, -0.2) is 0 Å². The van der Waals surface area contributed by atoms with Gasteiger partial charge in [0.15, 0.2) is 11.5 Å². The van der Waals surface area contributed by atoms with E-state index < -0.39 is 0 Å². The van der Waals surface area contributed by atoms with Gasteiger partial charge < -0.3 is 14.2 Å². The fraction of sp³-hybridized carbons (Fsp3) is 0.200. The van der Waals surface area contributed by atoms with Crippen LogP contribution in [0, 0.1) is 0 Å². The van der Waals surface area contributed by atoms with Gasteiger partial charge >= 0.3 is 0 Å². The molecule has 0 saturated carbocycles. The minimum absolute atomic E-state index is 0.239. The van der Waals surface area contributed by atoms with Gasteiger partial charge in [0.05, 0.1) is 25.2 Å². The van der Waals surface area contributed by atoms with Crippen LogP contribution >= 0.6 is 11.8 Å². The second-order valence-electron chi connectivity index (χ2n) is 7.21. The average Bonchev–Trinajstić information content (AvgIpc) is 3.08. The molecule has 0 radical (unpaired) electrons. The first-order chi connectivity index (χ1) is 15.6. The standard InChI is InChI=1S/C25H23NO5S/c1-29-12-11-26-24(27)23(32-25(26)28)15-17-8-10-21(22(14-17)30-2)31-16-18-7-9-19-5-3-4-6-20(19)13-18/h3-10,13-15H,11-12,16H2,1-2H3/b23-15+. The number of ether oxygens (including phenoxy) is 3. The van der Waals surface area contributed by atoms with E-state index in [-0.39, 0.29) is 17.7 Å². The Labute approximate surface area is 190 Å². The van der Waals surface area contributed by atoms with E-state index >= 15 is 0 Å². The van der Waals surface area contributed by atoms with Crippen molar-refractivity contribution in [3.05, 3.63) is 76.7 Å². The predicted molar refractivity (Wildman–Crippen MR) is 126 cm³/mol. The highest BCUT2D eigenvalue weighted by Crippen LogP contribution is 2.34. The smallest absolute Gasteiger partial charge is 0.293 e. The van der Waals surface area contributed by atoms with Crippen LogP contribution < -0.4 is 9.47 Å². The molecule has 7 heteroatoms. The van der Waals surface area contributed by atoms with Gasteiger partial charge in [-0.3, -0.25) is 14.5 Å². The van der Waals surface area contributed by atoms with Crippen LogP contribution in [0.4, 0.5) is 4.79 Å². The molecule has 2 amide bonds. The summed E-state index contributed by atoms with van der Waals surface area (Å²) >= 11 is 0.924. The summed E-state index contributed by atoms with van der Waals surface area (Å²) in [5.41, 5.74) is 1.80. The highest BCUT2D eigenvalue weighted by atomic mass is 32.2.